The van der Waals surface area contributed by atoms with E-state index in [4.69, 9.17) is 4.74 Å². The maximum absolute atomic E-state index is 13.5. The lowest BCUT2D eigenvalue weighted by Crippen LogP contribution is -2.20. The normalized spacial score (nSPS) is 10.0. The molecule has 2 aromatic rings. The number of carbonyl (C=O) groups is 1. The minimum atomic E-state index is -0.909. The number of ether oxygens (including phenoxy) is 1. The fraction of sp³-hybridized carbons (Fsp3) is 0.0714. The average molecular weight is 323 g/mol. The summed E-state index contributed by atoms with van der Waals surface area (Å²) in [6.07, 6.45) is 0. The molecule has 0 radical (unpaired) electrons. The average Bonchev–Trinajstić information content (AvgIpc) is 2.50. The molecule has 0 heterocycles. The van der Waals surface area contributed by atoms with Gasteiger partial charge in [-0.25, -0.2) is 13.6 Å². The van der Waals surface area contributed by atoms with Gasteiger partial charge >= 0.3 is 6.03 Å². The van der Waals surface area contributed by atoms with E-state index in [2.05, 4.69) is 10.6 Å². The zero-order valence-electron chi connectivity index (χ0n) is 11.8. The number of non-ortho nitro benzene ring substituents is 1. The molecule has 0 saturated heterocycles. The molecule has 0 aromatic heterocycles. The Hall–Kier alpha value is -3.23. The van der Waals surface area contributed by atoms with Gasteiger partial charge in [-0.1, -0.05) is 0 Å². The molecule has 2 rings (SSSR count). The van der Waals surface area contributed by atoms with Gasteiger partial charge in [0.1, 0.15) is 17.4 Å². The number of nitrogens with zero attached hydrogens (tertiary/aromatic N) is 1. The minimum absolute atomic E-state index is 0.0102. The number of nitro benzene ring substituents is 1. The Kier molecular flexibility index (Phi) is 4.69. The molecule has 0 aliphatic carbocycles. The number of halogens is 2. The SMILES string of the molecule is COc1ccc([N+](=O)[O-])cc1NC(=O)Nc1cc(F)ccc1F. The highest BCUT2D eigenvalue weighted by atomic mass is 19.1. The van der Waals surface area contributed by atoms with Crippen LogP contribution in [0.15, 0.2) is 36.4 Å². The van der Waals surface area contributed by atoms with Crippen LogP contribution in [0.4, 0.5) is 30.6 Å². The van der Waals surface area contributed by atoms with Crippen molar-refractivity contribution in [3.8, 4) is 5.75 Å². The van der Waals surface area contributed by atoms with Crippen LogP contribution in [-0.4, -0.2) is 18.1 Å². The number of hydrogen-bond acceptors (Lipinski definition) is 4. The van der Waals surface area contributed by atoms with E-state index in [0.29, 0.717) is 0 Å². The van der Waals surface area contributed by atoms with Crippen LogP contribution in [0, 0.1) is 21.7 Å². The van der Waals surface area contributed by atoms with Crippen LogP contribution >= 0.6 is 0 Å². The van der Waals surface area contributed by atoms with Crippen LogP contribution in [0.1, 0.15) is 0 Å². The second-order valence-electron chi connectivity index (χ2n) is 4.34. The predicted octanol–water partition coefficient (Wildman–Crippen LogP) is 3.53. The Morgan fingerprint density at radius 1 is 1.13 bits per heavy atom. The van der Waals surface area contributed by atoms with Crippen LogP contribution in [0.2, 0.25) is 0 Å². The van der Waals surface area contributed by atoms with Crippen molar-refractivity contribution in [2.24, 2.45) is 0 Å². The van der Waals surface area contributed by atoms with Crippen molar-refractivity contribution in [2.75, 3.05) is 17.7 Å². The van der Waals surface area contributed by atoms with Gasteiger partial charge in [0.25, 0.3) is 5.69 Å². The van der Waals surface area contributed by atoms with Gasteiger partial charge in [-0.3, -0.25) is 10.1 Å². The van der Waals surface area contributed by atoms with Crippen LogP contribution in [0.5, 0.6) is 5.75 Å². The van der Waals surface area contributed by atoms with Crippen molar-refractivity contribution >= 4 is 23.1 Å². The molecule has 0 aliphatic rings. The van der Waals surface area contributed by atoms with Crippen molar-refractivity contribution in [3.05, 3.63) is 58.1 Å². The summed E-state index contributed by atoms with van der Waals surface area (Å²) in [6, 6.07) is 5.25. The van der Waals surface area contributed by atoms with E-state index in [1.807, 2.05) is 0 Å². The van der Waals surface area contributed by atoms with E-state index in [1.165, 1.54) is 19.2 Å². The molecule has 0 saturated carbocycles. The zero-order valence-corrected chi connectivity index (χ0v) is 11.8. The monoisotopic (exact) mass is 323 g/mol. The largest absolute Gasteiger partial charge is 0.495 e. The second kappa shape index (κ2) is 6.69. The van der Waals surface area contributed by atoms with Gasteiger partial charge in [-0.2, -0.15) is 0 Å². The first-order valence-electron chi connectivity index (χ1n) is 6.26. The molecule has 2 aromatic carbocycles. The van der Waals surface area contributed by atoms with Gasteiger partial charge in [0.15, 0.2) is 0 Å². The number of amides is 2. The Morgan fingerprint density at radius 3 is 2.48 bits per heavy atom. The number of nitrogens with one attached hydrogen (secondary N) is 2. The highest BCUT2D eigenvalue weighted by Gasteiger charge is 2.15. The van der Waals surface area contributed by atoms with Crippen LogP contribution < -0.4 is 15.4 Å². The highest BCUT2D eigenvalue weighted by Crippen LogP contribution is 2.29. The van der Waals surface area contributed by atoms with E-state index >= 15 is 0 Å². The number of urea groups is 1. The number of hydrogen-bond donors (Lipinski definition) is 2. The van der Waals surface area contributed by atoms with Crippen molar-refractivity contribution < 1.29 is 23.2 Å². The molecule has 23 heavy (non-hydrogen) atoms. The molecule has 7 nitrogen and oxygen atoms in total. The Balaban J connectivity index is 2.21. The highest BCUT2D eigenvalue weighted by molar-refractivity contribution is 6.01. The number of nitro groups is 1. The van der Waals surface area contributed by atoms with Gasteiger partial charge < -0.3 is 15.4 Å². The molecule has 120 valence electrons. The molecular weight excluding hydrogens is 312 g/mol. The maximum atomic E-state index is 13.5. The third-order valence-electron chi connectivity index (χ3n) is 2.82. The number of methoxy groups -OCH3 is 1. The molecule has 0 aliphatic heterocycles. The maximum Gasteiger partial charge on any atom is 0.323 e. The smallest absolute Gasteiger partial charge is 0.323 e. The van der Waals surface area contributed by atoms with E-state index in [1.54, 1.807) is 0 Å². The molecule has 0 bridgehead atoms. The topological polar surface area (TPSA) is 93.5 Å². The molecular formula is C14H11F2N3O4. The van der Waals surface area contributed by atoms with Gasteiger partial charge in [0.05, 0.1) is 23.4 Å². The molecule has 0 atom stereocenters. The summed E-state index contributed by atoms with van der Waals surface area (Å²) in [5.41, 5.74) is -0.624. The summed E-state index contributed by atoms with van der Waals surface area (Å²) < 4.78 is 31.5. The fourth-order valence-corrected chi connectivity index (χ4v) is 1.78. The van der Waals surface area contributed by atoms with Crippen molar-refractivity contribution in [3.63, 3.8) is 0 Å². The van der Waals surface area contributed by atoms with Gasteiger partial charge in [0.2, 0.25) is 0 Å². The Bertz CT molecular complexity index is 768. The van der Waals surface area contributed by atoms with Gasteiger partial charge in [-0.05, 0) is 18.2 Å². The fourth-order valence-electron chi connectivity index (χ4n) is 1.78. The van der Waals surface area contributed by atoms with Crippen LogP contribution in [0.25, 0.3) is 0 Å². The summed E-state index contributed by atoms with van der Waals surface area (Å²) in [7, 11) is 1.32. The summed E-state index contributed by atoms with van der Waals surface area (Å²) >= 11 is 0. The third kappa shape index (κ3) is 3.90. The lowest BCUT2D eigenvalue weighted by atomic mass is 10.2. The predicted molar refractivity (Wildman–Crippen MR) is 78.6 cm³/mol. The molecule has 0 unspecified atom stereocenters. The molecule has 9 heteroatoms. The van der Waals surface area contributed by atoms with Gasteiger partial charge in [0, 0.05) is 18.2 Å². The zero-order chi connectivity index (χ0) is 17.0. The number of benzene rings is 2. The minimum Gasteiger partial charge on any atom is -0.495 e. The molecule has 0 spiro atoms. The summed E-state index contributed by atoms with van der Waals surface area (Å²) in [5, 5.41) is 15.1. The standard InChI is InChI=1S/C14H11F2N3O4/c1-23-13-5-3-9(19(21)22)7-12(13)18-14(20)17-11-6-8(15)2-4-10(11)16/h2-7H,1H3,(H2,17,18,20). The van der Waals surface area contributed by atoms with Crippen molar-refractivity contribution in [1.29, 1.82) is 0 Å². The number of carbonyl (C=O) groups excluding carboxylic acids is 1. The van der Waals surface area contributed by atoms with E-state index in [0.717, 1.165) is 24.3 Å². The van der Waals surface area contributed by atoms with Crippen molar-refractivity contribution in [1.82, 2.24) is 0 Å². The Labute approximate surface area is 129 Å². The molecule has 0 fully saturated rings. The summed E-state index contributed by atoms with van der Waals surface area (Å²) in [4.78, 5) is 22.0. The van der Waals surface area contributed by atoms with E-state index in [9.17, 15) is 23.7 Å². The number of rotatable bonds is 4. The Morgan fingerprint density at radius 2 is 1.83 bits per heavy atom. The molecule has 2 amide bonds. The first kappa shape index (κ1) is 16.1. The first-order chi connectivity index (χ1) is 10.9. The van der Waals surface area contributed by atoms with Crippen molar-refractivity contribution in [2.45, 2.75) is 0 Å². The summed E-state index contributed by atoms with van der Waals surface area (Å²) in [6.45, 7) is 0. The van der Waals surface area contributed by atoms with E-state index in [-0.39, 0.29) is 22.8 Å². The first-order valence-corrected chi connectivity index (χ1v) is 6.26. The molecule has 2 N–H and O–H groups in total. The lowest BCUT2D eigenvalue weighted by molar-refractivity contribution is -0.384. The lowest BCUT2D eigenvalue weighted by Gasteiger charge is -2.11. The second-order valence-corrected chi connectivity index (χ2v) is 4.34. The summed E-state index contributed by atoms with van der Waals surface area (Å²) in [5.74, 6) is -1.38. The quantitative estimate of drug-likeness (QED) is 0.665. The third-order valence-corrected chi connectivity index (χ3v) is 2.82. The number of anilines is 2. The van der Waals surface area contributed by atoms with E-state index < -0.39 is 22.6 Å². The van der Waals surface area contributed by atoms with Gasteiger partial charge in [-0.15, -0.1) is 0 Å². The van der Waals surface area contributed by atoms with Crippen LogP contribution in [0.3, 0.4) is 0 Å². The van der Waals surface area contributed by atoms with Crippen LogP contribution in [-0.2, 0) is 0 Å².